The molecule has 1 rings (SSSR count). The van der Waals surface area contributed by atoms with Gasteiger partial charge in [-0.15, -0.1) is 0 Å². The van der Waals surface area contributed by atoms with Gasteiger partial charge in [0, 0.05) is 25.8 Å². The maximum Gasteiger partial charge on any atom is 0.336 e. The maximum absolute atomic E-state index is 11.3. The summed E-state index contributed by atoms with van der Waals surface area (Å²) in [6.45, 7) is 5.87. The Labute approximate surface area is 108 Å². The fourth-order valence-electron chi connectivity index (χ4n) is 1.31. The number of esters is 1. The number of hydrogen-bond donors (Lipinski definition) is 0. The van der Waals surface area contributed by atoms with Crippen molar-refractivity contribution in [1.82, 2.24) is 0 Å². The van der Waals surface area contributed by atoms with Crippen molar-refractivity contribution in [2.45, 2.75) is 6.92 Å². The van der Waals surface area contributed by atoms with Gasteiger partial charge < -0.3 is 14.4 Å². The van der Waals surface area contributed by atoms with Gasteiger partial charge in [0.05, 0.1) is 12.2 Å². The number of carbonyl (C=O) groups excluding carboxylic acids is 1. The Morgan fingerprint density at radius 3 is 2.72 bits per heavy atom. The van der Waals surface area contributed by atoms with Crippen molar-refractivity contribution in [1.29, 1.82) is 0 Å². The van der Waals surface area contributed by atoms with Crippen molar-refractivity contribution in [3.63, 3.8) is 0 Å². The van der Waals surface area contributed by atoms with E-state index in [1.807, 2.05) is 43.3 Å². The Hall–Kier alpha value is -1.97. The van der Waals surface area contributed by atoms with Crippen LogP contribution in [0.25, 0.3) is 0 Å². The average Bonchev–Trinajstić information content (AvgIpc) is 2.36. The van der Waals surface area contributed by atoms with E-state index in [4.69, 9.17) is 9.47 Å². The number of benzene rings is 1. The van der Waals surface area contributed by atoms with Crippen LogP contribution in [0.1, 0.15) is 6.92 Å². The van der Waals surface area contributed by atoms with Gasteiger partial charge in [-0.05, 0) is 19.1 Å². The fourth-order valence-corrected chi connectivity index (χ4v) is 1.31. The molecule has 0 aliphatic carbocycles. The molecule has 0 N–H and O–H groups in total. The van der Waals surface area contributed by atoms with Gasteiger partial charge in [0.1, 0.15) is 12.4 Å². The van der Waals surface area contributed by atoms with Crippen molar-refractivity contribution in [2.24, 2.45) is 0 Å². The first-order chi connectivity index (χ1) is 8.54. The number of hydrogen-bond acceptors (Lipinski definition) is 4. The highest BCUT2D eigenvalue weighted by Gasteiger charge is 2.08. The predicted molar refractivity (Wildman–Crippen MR) is 72.0 cm³/mol. The molecule has 98 valence electrons. The second-order valence-electron chi connectivity index (χ2n) is 4.00. The van der Waals surface area contributed by atoms with Crippen LogP contribution in [0, 0.1) is 0 Å². The van der Waals surface area contributed by atoms with E-state index in [0.29, 0.717) is 17.9 Å². The standard InChI is InChI=1S/C14H19NO3/c1-5-17-14(16)11(2)10-18-13-8-6-7-12(9-13)15(3)4/h6-9H,2,5,10H2,1,3-4H3. The third kappa shape index (κ3) is 4.13. The molecule has 0 aliphatic heterocycles. The molecule has 0 saturated carbocycles. The summed E-state index contributed by atoms with van der Waals surface area (Å²) in [5, 5.41) is 0. The molecule has 1 aromatic rings. The molecular weight excluding hydrogens is 230 g/mol. The molecule has 0 spiro atoms. The minimum Gasteiger partial charge on any atom is -0.489 e. The normalized spacial score (nSPS) is 9.72. The van der Waals surface area contributed by atoms with Crippen LogP contribution in [0.15, 0.2) is 36.4 Å². The minimum atomic E-state index is -0.415. The summed E-state index contributed by atoms with van der Waals surface area (Å²) in [7, 11) is 3.91. The van der Waals surface area contributed by atoms with Gasteiger partial charge in [-0.3, -0.25) is 0 Å². The number of nitrogens with zero attached hydrogens (tertiary/aromatic N) is 1. The van der Waals surface area contributed by atoms with Gasteiger partial charge >= 0.3 is 5.97 Å². The molecule has 1 aromatic carbocycles. The Morgan fingerprint density at radius 2 is 2.11 bits per heavy atom. The molecule has 0 saturated heterocycles. The quantitative estimate of drug-likeness (QED) is 0.572. The average molecular weight is 249 g/mol. The summed E-state index contributed by atoms with van der Waals surface area (Å²) in [6.07, 6.45) is 0. The minimum absolute atomic E-state index is 0.135. The van der Waals surface area contributed by atoms with Gasteiger partial charge in [-0.1, -0.05) is 12.6 Å². The fraction of sp³-hybridized carbons (Fsp3) is 0.357. The molecule has 4 heteroatoms. The molecule has 0 heterocycles. The van der Waals surface area contributed by atoms with Crippen molar-refractivity contribution < 1.29 is 14.3 Å². The molecular formula is C14H19NO3. The van der Waals surface area contributed by atoms with Gasteiger partial charge in [-0.25, -0.2) is 4.79 Å². The van der Waals surface area contributed by atoms with E-state index in [2.05, 4.69) is 6.58 Å². The van der Waals surface area contributed by atoms with Crippen molar-refractivity contribution in [3.8, 4) is 5.75 Å². The Balaban J connectivity index is 2.56. The van der Waals surface area contributed by atoms with E-state index < -0.39 is 5.97 Å². The molecule has 0 fully saturated rings. The topological polar surface area (TPSA) is 38.8 Å². The molecule has 0 aromatic heterocycles. The van der Waals surface area contributed by atoms with E-state index in [1.54, 1.807) is 6.92 Å². The van der Waals surface area contributed by atoms with Crippen LogP contribution in [-0.2, 0) is 9.53 Å². The van der Waals surface area contributed by atoms with Crippen LogP contribution in [0.5, 0.6) is 5.75 Å². The summed E-state index contributed by atoms with van der Waals surface area (Å²) in [6, 6.07) is 7.62. The lowest BCUT2D eigenvalue weighted by Gasteiger charge is -2.14. The maximum atomic E-state index is 11.3. The molecule has 0 aliphatic rings. The molecule has 0 unspecified atom stereocenters. The van der Waals surface area contributed by atoms with Crippen LogP contribution in [0.4, 0.5) is 5.69 Å². The van der Waals surface area contributed by atoms with Gasteiger partial charge in [0.2, 0.25) is 0 Å². The first-order valence-corrected chi connectivity index (χ1v) is 5.79. The van der Waals surface area contributed by atoms with Crippen molar-refractivity contribution in [3.05, 3.63) is 36.4 Å². The highest BCUT2D eigenvalue weighted by Crippen LogP contribution is 2.19. The van der Waals surface area contributed by atoms with Crippen LogP contribution in [0.3, 0.4) is 0 Å². The van der Waals surface area contributed by atoms with E-state index in [-0.39, 0.29) is 6.61 Å². The highest BCUT2D eigenvalue weighted by atomic mass is 16.5. The zero-order valence-corrected chi connectivity index (χ0v) is 11.1. The van der Waals surface area contributed by atoms with Gasteiger partial charge in [0.15, 0.2) is 0 Å². The van der Waals surface area contributed by atoms with E-state index in [0.717, 1.165) is 5.69 Å². The summed E-state index contributed by atoms with van der Waals surface area (Å²) in [5.74, 6) is 0.285. The number of carbonyl (C=O) groups is 1. The zero-order chi connectivity index (χ0) is 13.5. The Kier molecular flexibility index (Phi) is 5.24. The van der Waals surface area contributed by atoms with Crippen LogP contribution >= 0.6 is 0 Å². The van der Waals surface area contributed by atoms with Gasteiger partial charge in [-0.2, -0.15) is 0 Å². The highest BCUT2D eigenvalue weighted by molar-refractivity contribution is 5.88. The summed E-state index contributed by atoms with van der Waals surface area (Å²) in [5.41, 5.74) is 1.35. The third-order valence-electron chi connectivity index (χ3n) is 2.31. The van der Waals surface area contributed by atoms with E-state index in [1.165, 1.54) is 0 Å². The van der Waals surface area contributed by atoms with Gasteiger partial charge in [0.25, 0.3) is 0 Å². The van der Waals surface area contributed by atoms with Crippen molar-refractivity contribution >= 4 is 11.7 Å². The molecule has 0 radical (unpaired) electrons. The first-order valence-electron chi connectivity index (χ1n) is 5.79. The molecule has 0 amide bonds. The second kappa shape index (κ2) is 6.69. The smallest absolute Gasteiger partial charge is 0.336 e. The molecule has 18 heavy (non-hydrogen) atoms. The summed E-state index contributed by atoms with van der Waals surface area (Å²) in [4.78, 5) is 13.3. The summed E-state index contributed by atoms with van der Waals surface area (Å²) >= 11 is 0. The molecule has 0 atom stereocenters. The third-order valence-corrected chi connectivity index (χ3v) is 2.31. The lowest BCUT2D eigenvalue weighted by atomic mass is 10.3. The molecule has 0 bridgehead atoms. The number of anilines is 1. The Bertz CT molecular complexity index is 427. The summed E-state index contributed by atoms with van der Waals surface area (Å²) < 4.78 is 10.3. The van der Waals surface area contributed by atoms with E-state index in [9.17, 15) is 4.79 Å². The SMILES string of the molecule is C=C(COc1cccc(N(C)C)c1)C(=O)OCC. The largest absolute Gasteiger partial charge is 0.489 e. The lowest BCUT2D eigenvalue weighted by Crippen LogP contribution is -2.13. The zero-order valence-electron chi connectivity index (χ0n) is 11.1. The van der Waals surface area contributed by atoms with E-state index >= 15 is 0 Å². The monoisotopic (exact) mass is 249 g/mol. The first kappa shape index (κ1) is 14.1. The van der Waals surface area contributed by atoms with Crippen LogP contribution < -0.4 is 9.64 Å². The van der Waals surface area contributed by atoms with Crippen molar-refractivity contribution in [2.75, 3.05) is 32.2 Å². The predicted octanol–water partition coefficient (Wildman–Crippen LogP) is 2.25. The number of rotatable bonds is 6. The van der Waals surface area contributed by atoms with Crippen LogP contribution in [0.2, 0.25) is 0 Å². The Morgan fingerprint density at radius 1 is 1.39 bits per heavy atom. The lowest BCUT2D eigenvalue weighted by molar-refractivity contribution is -0.138. The number of ether oxygens (including phenoxy) is 2. The van der Waals surface area contributed by atoms with Crippen LogP contribution in [-0.4, -0.2) is 33.3 Å². The molecule has 4 nitrogen and oxygen atoms in total. The second-order valence-corrected chi connectivity index (χ2v) is 4.00.